The summed E-state index contributed by atoms with van der Waals surface area (Å²) in [4.78, 5) is 58.4. The largest absolute Gasteiger partial charge is 0.472 e. The van der Waals surface area contributed by atoms with Crippen LogP contribution in [0.25, 0.3) is 0 Å². The number of phosphoric ester groups is 2. The second-order valence-corrected chi connectivity index (χ2v) is 29.0. The van der Waals surface area contributed by atoms with Gasteiger partial charge in [-0.25, -0.2) is 9.13 Å². The predicted octanol–water partition coefficient (Wildman–Crippen LogP) is 22.4. The summed E-state index contributed by atoms with van der Waals surface area (Å²) in [5, 5.41) is 20.6. The normalized spacial score (nSPS) is 14.5. The van der Waals surface area contributed by atoms with Gasteiger partial charge in [-0.05, 0) is 96.3 Å². The topological polar surface area (TPSA) is 231 Å². The highest BCUT2D eigenvalue weighted by atomic mass is 31.2. The summed E-state index contributed by atoms with van der Waals surface area (Å²) in [6.45, 7) is 2.54. The fourth-order valence-corrected chi connectivity index (χ4v) is 12.3. The van der Waals surface area contributed by atoms with E-state index >= 15 is 0 Å². The van der Waals surface area contributed by atoms with Crippen molar-refractivity contribution in [3.63, 3.8) is 0 Å². The van der Waals surface area contributed by atoms with Gasteiger partial charge in [0.15, 0.2) is 6.10 Å². The molecule has 0 aliphatic heterocycles. The number of carbonyl (C=O) groups is 3. The number of aliphatic hydroxyl groups excluding tert-OH is 2. The van der Waals surface area contributed by atoms with Crippen molar-refractivity contribution in [3.8, 4) is 0 Å². The van der Waals surface area contributed by atoms with Gasteiger partial charge < -0.3 is 34.2 Å². The van der Waals surface area contributed by atoms with Gasteiger partial charge in [0.1, 0.15) is 25.4 Å². The Morgan fingerprint density at radius 2 is 0.546 bits per heavy atom. The van der Waals surface area contributed by atoms with Crippen molar-refractivity contribution < 1.29 is 75.8 Å². The van der Waals surface area contributed by atoms with Crippen molar-refractivity contribution in [3.05, 3.63) is 85.1 Å². The maximum atomic E-state index is 12.9. The van der Waals surface area contributed by atoms with Crippen LogP contribution in [0, 0.1) is 0 Å². The van der Waals surface area contributed by atoms with E-state index in [2.05, 4.69) is 106 Å². The molecule has 0 aromatic heterocycles. The van der Waals surface area contributed by atoms with Gasteiger partial charge in [0.2, 0.25) is 0 Å². The van der Waals surface area contributed by atoms with Crippen molar-refractivity contribution in [2.45, 2.75) is 360 Å². The molecular formula is C79H142O16P2. The zero-order valence-corrected chi connectivity index (χ0v) is 63.3. The molecule has 0 aliphatic carbocycles. The molecule has 0 spiro atoms. The fourth-order valence-electron chi connectivity index (χ4n) is 10.7. The number of hydrogen-bond donors (Lipinski definition) is 4. The summed E-state index contributed by atoms with van der Waals surface area (Å²) in [6.07, 6.45) is 81.0. The third-order valence-electron chi connectivity index (χ3n) is 16.6. The van der Waals surface area contributed by atoms with Gasteiger partial charge in [-0.3, -0.25) is 32.5 Å². The zero-order valence-electron chi connectivity index (χ0n) is 61.5. The monoisotopic (exact) mass is 1410 g/mol. The van der Waals surface area contributed by atoms with Crippen LogP contribution in [0.4, 0.5) is 0 Å². The summed E-state index contributed by atoms with van der Waals surface area (Å²) in [7, 11) is -9.77. The molecule has 0 amide bonds. The second kappa shape index (κ2) is 72.5. The maximum absolute atomic E-state index is 12.9. The molecule has 0 saturated heterocycles. The Hall–Kier alpha value is -3.27. The lowest BCUT2D eigenvalue weighted by Gasteiger charge is -2.21. The molecule has 97 heavy (non-hydrogen) atoms. The molecular weight excluding hydrogens is 1270 g/mol. The summed E-state index contributed by atoms with van der Waals surface area (Å²) in [5.41, 5.74) is 0. The smallest absolute Gasteiger partial charge is 0.463 e. The minimum atomic E-state index is -4.92. The molecule has 16 nitrogen and oxygen atoms in total. The highest BCUT2D eigenvalue weighted by Crippen LogP contribution is 2.45. The SMILES string of the molecule is CC/C=C\C/C=C\C/C=C\C/C=C\C/C=C\CCCCCCCCCCCCCCCCCCCCCC(=O)OCC(O)COP(=O)(O)OCC(O)COP(=O)(O)OCC(COC(=O)CCCCCCC/C=C\C/C=C\CCCCC)OC(=O)CCCCCCCCCCCCC. The Bertz CT molecular complexity index is 2110. The Labute approximate surface area is 591 Å². The molecule has 0 aromatic rings. The van der Waals surface area contributed by atoms with Crippen molar-refractivity contribution >= 4 is 33.6 Å². The van der Waals surface area contributed by atoms with Crippen LogP contribution in [-0.2, 0) is 55.8 Å². The quantitative estimate of drug-likeness (QED) is 0.0146. The van der Waals surface area contributed by atoms with Crippen LogP contribution in [-0.4, -0.2) is 95.9 Å². The lowest BCUT2D eigenvalue weighted by molar-refractivity contribution is -0.161. The molecule has 0 aromatic carbocycles. The van der Waals surface area contributed by atoms with Gasteiger partial charge in [0.05, 0.1) is 26.4 Å². The first kappa shape index (κ1) is 93.7. The second-order valence-electron chi connectivity index (χ2n) is 26.1. The highest BCUT2D eigenvalue weighted by molar-refractivity contribution is 7.47. The first-order valence-electron chi connectivity index (χ1n) is 38.9. The Kier molecular flexibility index (Phi) is 70.1. The number of esters is 3. The minimum absolute atomic E-state index is 0.106. The molecule has 0 heterocycles. The number of ether oxygens (including phenoxy) is 3. The molecule has 0 fully saturated rings. The van der Waals surface area contributed by atoms with E-state index in [4.69, 9.17) is 32.3 Å². The van der Waals surface area contributed by atoms with Crippen LogP contribution in [0.1, 0.15) is 342 Å². The summed E-state index contributed by atoms with van der Waals surface area (Å²) in [5.74, 6) is -1.57. The summed E-state index contributed by atoms with van der Waals surface area (Å²) in [6, 6.07) is 0. The Balaban J connectivity index is 4.26. The van der Waals surface area contributed by atoms with E-state index in [0.29, 0.717) is 19.3 Å². The fraction of sp³-hybridized carbons (Fsp3) is 0.785. The van der Waals surface area contributed by atoms with Gasteiger partial charge in [0, 0.05) is 19.3 Å². The van der Waals surface area contributed by atoms with Gasteiger partial charge in [-0.1, -0.05) is 311 Å². The molecule has 5 atom stereocenters. The maximum Gasteiger partial charge on any atom is 0.472 e. The van der Waals surface area contributed by atoms with E-state index in [1.807, 2.05) is 0 Å². The standard InChI is InChI=1S/C79H142O16P2/c1-4-7-10-13-16-19-22-24-26-27-28-29-30-31-32-33-34-35-36-37-38-39-40-41-42-43-44-45-47-49-51-53-56-59-62-65-77(82)89-68-74(80)69-91-96(85,86)92-70-75(81)71-93-97(87,88)94-73-76(95-79(84)67-64-61-58-55-50-21-18-15-12-9-6-3)72-90-78(83)66-63-60-57-54-52-48-46-25-23-20-17-14-11-8-5-2/h7,10,16-17,19-20,24-26,28-29,31-32,46,74-76,80-81H,4-6,8-9,11-15,18,21-23,27,30,33-45,47-73H2,1-3H3,(H,85,86)(H,87,88)/b10-7-,19-16-,20-17-,26-24-,29-28-,32-31-,46-25-. The zero-order chi connectivity index (χ0) is 70.9. The lowest BCUT2D eigenvalue weighted by atomic mass is 10.0. The third kappa shape index (κ3) is 73.8. The van der Waals surface area contributed by atoms with E-state index in [1.54, 1.807) is 0 Å². The average molecular weight is 1410 g/mol. The van der Waals surface area contributed by atoms with Gasteiger partial charge in [-0.15, -0.1) is 0 Å². The van der Waals surface area contributed by atoms with Crippen molar-refractivity contribution in [1.29, 1.82) is 0 Å². The Morgan fingerprint density at radius 3 is 0.887 bits per heavy atom. The average Bonchev–Trinajstić information content (AvgIpc) is 2.25. The van der Waals surface area contributed by atoms with Crippen LogP contribution in [0.5, 0.6) is 0 Å². The number of aliphatic hydroxyl groups is 2. The van der Waals surface area contributed by atoms with Gasteiger partial charge in [0.25, 0.3) is 0 Å². The van der Waals surface area contributed by atoms with E-state index in [-0.39, 0.29) is 19.3 Å². The molecule has 564 valence electrons. The first-order chi connectivity index (χ1) is 47.2. The molecule has 5 unspecified atom stereocenters. The van der Waals surface area contributed by atoms with E-state index in [0.717, 1.165) is 122 Å². The molecule has 0 aliphatic rings. The summed E-state index contributed by atoms with van der Waals surface area (Å²) >= 11 is 0. The number of carbonyl (C=O) groups excluding carboxylic acids is 3. The molecule has 4 N–H and O–H groups in total. The number of hydrogen-bond acceptors (Lipinski definition) is 14. The summed E-state index contributed by atoms with van der Waals surface area (Å²) < 4.78 is 60.9. The number of rotatable bonds is 74. The van der Waals surface area contributed by atoms with Gasteiger partial charge in [-0.2, -0.15) is 0 Å². The van der Waals surface area contributed by atoms with Gasteiger partial charge >= 0.3 is 33.6 Å². The Morgan fingerprint density at radius 1 is 0.299 bits per heavy atom. The highest BCUT2D eigenvalue weighted by Gasteiger charge is 2.29. The first-order valence-corrected chi connectivity index (χ1v) is 41.9. The molecule has 0 radical (unpaired) electrons. The van der Waals surface area contributed by atoms with Crippen LogP contribution in [0.3, 0.4) is 0 Å². The third-order valence-corrected chi connectivity index (χ3v) is 18.5. The van der Waals surface area contributed by atoms with Crippen LogP contribution >= 0.6 is 15.6 Å². The molecule has 0 rings (SSSR count). The number of allylic oxidation sites excluding steroid dienone is 14. The number of unbranched alkanes of at least 4 members (excludes halogenated alkanes) is 37. The number of phosphoric acid groups is 2. The van der Waals surface area contributed by atoms with E-state index < -0.39 is 91.5 Å². The van der Waals surface area contributed by atoms with Crippen LogP contribution in [0.2, 0.25) is 0 Å². The molecule has 0 saturated carbocycles. The molecule has 0 bridgehead atoms. The van der Waals surface area contributed by atoms with Crippen LogP contribution in [0.15, 0.2) is 85.1 Å². The van der Waals surface area contributed by atoms with E-state index in [1.165, 1.54) is 161 Å². The van der Waals surface area contributed by atoms with E-state index in [9.17, 15) is 43.5 Å². The molecule has 18 heteroatoms. The minimum Gasteiger partial charge on any atom is -0.463 e. The van der Waals surface area contributed by atoms with Crippen LogP contribution < -0.4 is 0 Å². The van der Waals surface area contributed by atoms with Crippen molar-refractivity contribution in [2.75, 3.05) is 39.6 Å². The van der Waals surface area contributed by atoms with Crippen molar-refractivity contribution in [2.24, 2.45) is 0 Å². The predicted molar refractivity (Wildman–Crippen MR) is 399 cm³/mol. The van der Waals surface area contributed by atoms with Crippen molar-refractivity contribution in [1.82, 2.24) is 0 Å². The lowest BCUT2D eigenvalue weighted by Crippen LogP contribution is -2.30.